The van der Waals surface area contributed by atoms with Crippen LogP contribution in [-0.4, -0.2) is 18.2 Å². The Hall–Kier alpha value is -1.38. The smallest absolute Gasteiger partial charge is 0.0702 e. The molecule has 1 fully saturated rings. The molecule has 0 radical (unpaired) electrons. The van der Waals surface area contributed by atoms with E-state index in [4.69, 9.17) is 16.3 Å². The minimum absolute atomic E-state index is 0.667. The summed E-state index contributed by atoms with van der Waals surface area (Å²) >= 11 is 5.95. The zero-order chi connectivity index (χ0) is 16.8. The van der Waals surface area contributed by atoms with Gasteiger partial charge >= 0.3 is 0 Å². The second-order valence-corrected chi connectivity index (χ2v) is 7.12. The lowest BCUT2D eigenvalue weighted by atomic mass is 9.78. The second kappa shape index (κ2) is 8.64. The van der Waals surface area contributed by atoms with Gasteiger partial charge in [0, 0.05) is 30.0 Å². The molecule has 128 valence electrons. The highest BCUT2D eigenvalue weighted by atomic mass is 35.5. The fourth-order valence-electron chi connectivity index (χ4n) is 3.62. The van der Waals surface area contributed by atoms with Crippen molar-refractivity contribution in [2.24, 2.45) is 5.92 Å². The third-order valence-electron chi connectivity index (χ3n) is 5.12. The highest BCUT2D eigenvalue weighted by molar-refractivity contribution is 6.30. The van der Waals surface area contributed by atoms with Gasteiger partial charge in [0.2, 0.25) is 0 Å². The highest BCUT2D eigenvalue weighted by Crippen LogP contribution is 2.37. The van der Waals surface area contributed by atoms with Gasteiger partial charge in [0.15, 0.2) is 0 Å². The van der Waals surface area contributed by atoms with E-state index in [2.05, 4.69) is 30.2 Å². The molecule has 0 bridgehead atoms. The summed E-state index contributed by atoms with van der Waals surface area (Å²) in [5, 5.41) is 0.761. The number of pyridine rings is 1. The van der Waals surface area contributed by atoms with Gasteiger partial charge in [-0.25, -0.2) is 0 Å². The van der Waals surface area contributed by atoms with E-state index in [0.717, 1.165) is 35.4 Å². The molecule has 3 rings (SSSR count). The summed E-state index contributed by atoms with van der Waals surface area (Å²) in [6, 6.07) is 12.3. The SMILES string of the molecule is CCOCCC1CCC(c2ccc(-c3ccc(Cl)cc3)nc2)CC1. The molecule has 0 unspecified atom stereocenters. The van der Waals surface area contributed by atoms with Gasteiger partial charge < -0.3 is 4.74 Å². The molecule has 2 aromatic rings. The summed E-state index contributed by atoms with van der Waals surface area (Å²) in [4.78, 5) is 4.67. The molecule has 1 aliphatic rings. The summed E-state index contributed by atoms with van der Waals surface area (Å²) in [5.41, 5.74) is 3.52. The molecule has 2 nitrogen and oxygen atoms in total. The summed E-state index contributed by atoms with van der Waals surface area (Å²) in [7, 11) is 0. The lowest BCUT2D eigenvalue weighted by Gasteiger charge is -2.28. The zero-order valence-electron chi connectivity index (χ0n) is 14.4. The summed E-state index contributed by atoms with van der Waals surface area (Å²) in [6.45, 7) is 3.82. The van der Waals surface area contributed by atoms with E-state index in [1.165, 1.54) is 37.7 Å². The second-order valence-electron chi connectivity index (χ2n) is 6.69. The monoisotopic (exact) mass is 343 g/mol. The number of hydrogen-bond acceptors (Lipinski definition) is 2. The van der Waals surface area contributed by atoms with Crippen LogP contribution in [0.2, 0.25) is 5.02 Å². The van der Waals surface area contributed by atoms with Crippen LogP contribution in [0, 0.1) is 5.92 Å². The van der Waals surface area contributed by atoms with Crippen molar-refractivity contribution in [3.8, 4) is 11.3 Å². The molecule has 1 aliphatic carbocycles. The predicted octanol–water partition coefficient (Wildman–Crippen LogP) is 6.10. The first-order valence-corrected chi connectivity index (χ1v) is 9.43. The van der Waals surface area contributed by atoms with Crippen LogP contribution in [0.1, 0.15) is 50.5 Å². The lowest BCUT2D eigenvalue weighted by molar-refractivity contribution is 0.123. The molecule has 0 saturated heterocycles. The van der Waals surface area contributed by atoms with Crippen molar-refractivity contribution in [2.75, 3.05) is 13.2 Å². The standard InChI is InChI=1S/C21H26ClNO/c1-2-24-14-13-16-3-5-17(6-4-16)19-9-12-21(23-15-19)18-7-10-20(22)11-8-18/h7-12,15-17H,2-6,13-14H2,1H3. The van der Waals surface area contributed by atoms with Gasteiger partial charge in [0.05, 0.1) is 5.69 Å². The molecule has 0 N–H and O–H groups in total. The molecular formula is C21H26ClNO. The van der Waals surface area contributed by atoms with Crippen molar-refractivity contribution in [1.82, 2.24) is 4.98 Å². The first-order chi connectivity index (χ1) is 11.8. The third kappa shape index (κ3) is 4.58. The van der Waals surface area contributed by atoms with Gasteiger partial charge in [-0.1, -0.05) is 29.8 Å². The molecule has 0 atom stereocenters. The first-order valence-electron chi connectivity index (χ1n) is 9.06. The average molecular weight is 344 g/mol. The Kier molecular flexibility index (Phi) is 6.28. The Morgan fingerprint density at radius 1 is 1.04 bits per heavy atom. The average Bonchev–Trinajstić information content (AvgIpc) is 2.63. The Bertz CT molecular complexity index is 615. The van der Waals surface area contributed by atoms with Crippen molar-refractivity contribution in [3.63, 3.8) is 0 Å². The Morgan fingerprint density at radius 2 is 1.79 bits per heavy atom. The van der Waals surface area contributed by atoms with Crippen LogP contribution in [0.4, 0.5) is 0 Å². The van der Waals surface area contributed by atoms with Crippen molar-refractivity contribution in [1.29, 1.82) is 0 Å². The van der Waals surface area contributed by atoms with Crippen LogP contribution < -0.4 is 0 Å². The number of nitrogens with zero attached hydrogens (tertiary/aromatic N) is 1. The first kappa shape index (κ1) is 17.4. The van der Waals surface area contributed by atoms with Gasteiger partial charge in [0.25, 0.3) is 0 Å². The predicted molar refractivity (Wildman–Crippen MR) is 100 cm³/mol. The van der Waals surface area contributed by atoms with Crippen LogP contribution >= 0.6 is 11.6 Å². The number of ether oxygens (including phenoxy) is 1. The van der Waals surface area contributed by atoms with E-state index < -0.39 is 0 Å². The molecule has 1 aromatic heterocycles. The van der Waals surface area contributed by atoms with Gasteiger partial charge in [-0.15, -0.1) is 0 Å². The summed E-state index contributed by atoms with van der Waals surface area (Å²) in [5.74, 6) is 1.51. The van der Waals surface area contributed by atoms with Crippen molar-refractivity contribution < 1.29 is 4.74 Å². The van der Waals surface area contributed by atoms with E-state index in [-0.39, 0.29) is 0 Å². The zero-order valence-corrected chi connectivity index (χ0v) is 15.1. The molecule has 0 spiro atoms. The van der Waals surface area contributed by atoms with Crippen LogP contribution in [-0.2, 0) is 4.74 Å². The number of aromatic nitrogens is 1. The molecule has 0 amide bonds. The van der Waals surface area contributed by atoms with Crippen molar-refractivity contribution in [3.05, 3.63) is 53.2 Å². The molecular weight excluding hydrogens is 318 g/mol. The maximum Gasteiger partial charge on any atom is 0.0702 e. The van der Waals surface area contributed by atoms with Gasteiger partial charge in [-0.3, -0.25) is 4.98 Å². The van der Waals surface area contributed by atoms with Crippen LogP contribution in [0.5, 0.6) is 0 Å². The van der Waals surface area contributed by atoms with Crippen LogP contribution in [0.3, 0.4) is 0 Å². The largest absolute Gasteiger partial charge is 0.382 e. The number of benzene rings is 1. The Labute approximate surface area is 150 Å². The lowest BCUT2D eigenvalue weighted by Crippen LogP contribution is -2.15. The minimum atomic E-state index is 0.667. The maximum atomic E-state index is 5.95. The molecule has 1 heterocycles. The van der Waals surface area contributed by atoms with Gasteiger partial charge in [-0.2, -0.15) is 0 Å². The summed E-state index contributed by atoms with van der Waals surface area (Å²) < 4.78 is 5.49. The fraction of sp³-hybridized carbons (Fsp3) is 0.476. The van der Waals surface area contributed by atoms with Crippen molar-refractivity contribution in [2.45, 2.75) is 44.9 Å². The quantitative estimate of drug-likeness (QED) is 0.591. The number of halogens is 1. The van der Waals surface area contributed by atoms with Crippen LogP contribution in [0.25, 0.3) is 11.3 Å². The van der Waals surface area contributed by atoms with Crippen molar-refractivity contribution >= 4 is 11.6 Å². The third-order valence-corrected chi connectivity index (χ3v) is 5.37. The van der Waals surface area contributed by atoms with E-state index in [1.807, 2.05) is 24.3 Å². The number of hydrogen-bond donors (Lipinski definition) is 0. The van der Waals surface area contributed by atoms with Gasteiger partial charge in [-0.05, 0) is 74.6 Å². The Morgan fingerprint density at radius 3 is 2.42 bits per heavy atom. The van der Waals surface area contributed by atoms with E-state index >= 15 is 0 Å². The molecule has 1 saturated carbocycles. The normalized spacial score (nSPS) is 20.9. The molecule has 24 heavy (non-hydrogen) atoms. The Balaban J connectivity index is 1.56. The fourth-order valence-corrected chi connectivity index (χ4v) is 3.74. The maximum absolute atomic E-state index is 5.95. The van der Waals surface area contributed by atoms with E-state index in [9.17, 15) is 0 Å². The van der Waals surface area contributed by atoms with E-state index in [1.54, 1.807) is 0 Å². The molecule has 1 aromatic carbocycles. The number of rotatable bonds is 6. The molecule has 0 aliphatic heterocycles. The van der Waals surface area contributed by atoms with Gasteiger partial charge in [0.1, 0.15) is 0 Å². The summed E-state index contributed by atoms with van der Waals surface area (Å²) in [6.07, 6.45) is 8.47. The van der Waals surface area contributed by atoms with Crippen LogP contribution in [0.15, 0.2) is 42.6 Å². The van der Waals surface area contributed by atoms with E-state index in [0.29, 0.717) is 5.92 Å². The minimum Gasteiger partial charge on any atom is -0.382 e. The molecule has 3 heteroatoms. The highest BCUT2D eigenvalue weighted by Gasteiger charge is 2.22. The topological polar surface area (TPSA) is 22.1 Å².